The van der Waals surface area contributed by atoms with Crippen LogP contribution in [0.15, 0.2) is 24.3 Å². The van der Waals surface area contributed by atoms with Crippen LogP contribution < -0.4 is 5.73 Å². The first-order valence-corrected chi connectivity index (χ1v) is 6.35. The lowest BCUT2D eigenvalue weighted by Gasteiger charge is -2.26. The number of rotatable bonds is 4. The van der Waals surface area contributed by atoms with Gasteiger partial charge in [0.25, 0.3) is 0 Å². The maximum Gasteiger partial charge on any atom is 0.222 e. The van der Waals surface area contributed by atoms with Gasteiger partial charge in [0.05, 0.1) is 0 Å². The largest absolute Gasteiger partial charge is 0.338 e. The fourth-order valence-corrected chi connectivity index (χ4v) is 2.23. The predicted molar refractivity (Wildman–Crippen MR) is 75.7 cm³/mol. The van der Waals surface area contributed by atoms with E-state index in [0.717, 1.165) is 32.4 Å². The molecule has 0 spiro atoms. The third-order valence-corrected chi connectivity index (χ3v) is 3.25. The van der Waals surface area contributed by atoms with Crippen molar-refractivity contribution in [1.29, 1.82) is 0 Å². The lowest BCUT2D eigenvalue weighted by molar-refractivity contribution is -0.133. The molecule has 1 aliphatic rings. The van der Waals surface area contributed by atoms with Gasteiger partial charge < -0.3 is 10.6 Å². The molecule has 4 heteroatoms. The molecule has 1 heterocycles. The number of benzene rings is 1. The zero-order valence-electron chi connectivity index (χ0n) is 10.6. The number of hydrogen-bond donors (Lipinski definition) is 1. The highest BCUT2D eigenvalue weighted by molar-refractivity contribution is 5.85. The summed E-state index contributed by atoms with van der Waals surface area (Å²) in [7, 11) is 0. The molecule has 1 saturated heterocycles. The summed E-state index contributed by atoms with van der Waals surface area (Å²) in [6, 6.07) is 8.42. The standard InChI is InChI=1S/C14H20N2O.ClH/c15-9-8-12-4-6-13(7-5-12)11-16-10-2-1-3-14(16)17;/h4-7H,1-3,8-11,15H2;1H. The molecule has 100 valence electrons. The highest BCUT2D eigenvalue weighted by Gasteiger charge is 2.17. The summed E-state index contributed by atoms with van der Waals surface area (Å²) in [5.41, 5.74) is 7.99. The summed E-state index contributed by atoms with van der Waals surface area (Å²) in [4.78, 5) is 13.6. The van der Waals surface area contributed by atoms with Gasteiger partial charge in [-0.2, -0.15) is 0 Å². The highest BCUT2D eigenvalue weighted by atomic mass is 35.5. The number of carbonyl (C=O) groups excluding carboxylic acids is 1. The Labute approximate surface area is 115 Å². The van der Waals surface area contributed by atoms with Crippen LogP contribution in [0, 0.1) is 0 Å². The van der Waals surface area contributed by atoms with E-state index < -0.39 is 0 Å². The number of nitrogens with two attached hydrogens (primary N) is 1. The second-order valence-electron chi connectivity index (χ2n) is 4.63. The molecule has 0 atom stereocenters. The van der Waals surface area contributed by atoms with Crippen LogP contribution in [-0.2, 0) is 17.8 Å². The molecule has 1 amide bonds. The van der Waals surface area contributed by atoms with Gasteiger partial charge in [-0.3, -0.25) is 4.79 Å². The summed E-state index contributed by atoms with van der Waals surface area (Å²) >= 11 is 0. The maximum atomic E-state index is 11.7. The van der Waals surface area contributed by atoms with Gasteiger partial charge in [-0.05, 0) is 36.9 Å². The molecule has 2 rings (SSSR count). The number of nitrogens with zero attached hydrogens (tertiary/aromatic N) is 1. The summed E-state index contributed by atoms with van der Waals surface area (Å²) in [6.07, 6.45) is 3.82. The summed E-state index contributed by atoms with van der Waals surface area (Å²) in [5, 5.41) is 0. The van der Waals surface area contributed by atoms with E-state index in [2.05, 4.69) is 24.3 Å². The topological polar surface area (TPSA) is 46.3 Å². The molecule has 1 aromatic carbocycles. The zero-order chi connectivity index (χ0) is 12.1. The Morgan fingerprint density at radius 3 is 2.39 bits per heavy atom. The van der Waals surface area contributed by atoms with Crippen molar-refractivity contribution in [1.82, 2.24) is 4.90 Å². The number of halogens is 1. The number of likely N-dealkylation sites (tertiary alicyclic amines) is 1. The molecule has 18 heavy (non-hydrogen) atoms. The van der Waals surface area contributed by atoms with Crippen molar-refractivity contribution in [3.63, 3.8) is 0 Å². The minimum absolute atomic E-state index is 0. The van der Waals surface area contributed by atoms with Crippen molar-refractivity contribution < 1.29 is 4.79 Å². The van der Waals surface area contributed by atoms with Gasteiger partial charge in [0, 0.05) is 19.5 Å². The van der Waals surface area contributed by atoms with Crippen molar-refractivity contribution in [2.75, 3.05) is 13.1 Å². The van der Waals surface area contributed by atoms with E-state index in [1.807, 2.05) is 4.90 Å². The van der Waals surface area contributed by atoms with E-state index in [9.17, 15) is 4.79 Å². The second kappa shape index (κ2) is 7.39. The molecule has 0 saturated carbocycles. The molecule has 0 unspecified atom stereocenters. The fraction of sp³-hybridized carbons (Fsp3) is 0.500. The van der Waals surface area contributed by atoms with Gasteiger partial charge in [-0.25, -0.2) is 0 Å². The molecule has 0 bridgehead atoms. The van der Waals surface area contributed by atoms with E-state index in [1.54, 1.807) is 0 Å². The van der Waals surface area contributed by atoms with Crippen LogP contribution >= 0.6 is 12.4 Å². The maximum absolute atomic E-state index is 11.7. The van der Waals surface area contributed by atoms with Crippen molar-refractivity contribution in [3.8, 4) is 0 Å². The average molecular weight is 269 g/mol. The first kappa shape index (κ1) is 15.0. The molecule has 0 radical (unpaired) electrons. The predicted octanol–water partition coefficient (Wildman–Crippen LogP) is 2.12. The molecule has 0 aromatic heterocycles. The Bertz CT molecular complexity index is 378. The molecule has 0 aliphatic carbocycles. The molecule has 1 aliphatic heterocycles. The van der Waals surface area contributed by atoms with Crippen molar-refractivity contribution in [2.45, 2.75) is 32.2 Å². The monoisotopic (exact) mass is 268 g/mol. The number of amides is 1. The third-order valence-electron chi connectivity index (χ3n) is 3.25. The fourth-order valence-electron chi connectivity index (χ4n) is 2.23. The minimum Gasteiger partial charge on any atom is -0.338 e. The SMILES string of the molecule is Cl.NCCc1ccc(CN2CCCCC2=O)cc1. The molecule has 1 fully saturated rings. The van der Waals surface area contributed by atoms with Gasteiger partial charge in [-0.15, -0.1) is 12.4 Å². The van der Waals surface area contributed by atoms with E-state index in [4.69, 9.17) is 5.73 Å². The number of hydrogen-bond acceptors (Lipinski definition) is 2. The first-order valence-electron chi connectivity index (χ1n) is 6.35. The van der Waals surface area contributed by atoms with Crippen molar-refractivity contribution in [2.24, 2.45) is 5.73 Å². The van der Waals surface area contributed by atoms with Crippen LogP contribution in [0.2, 0.25) is 0 Å². The van der Waals surface area contributed by atoms with Gasteiger partial charge in [0.2, 0.25) is 5.91 Å². The van der Waals surface area contributed by atoms with Crippen LogP contribution in [-0.4, -0.2) is 23.9 Å². The third kappa shape index (κ3) is 4.00. The molecular weight excluding hydrogens is 248 g/mol. The van der Waals surface area contributed by atoms with E-state index >= 15 is 0 Å². The molecule has 1 aromatic rings. The Morgan fingerprint density at radius 2 is 1.78 bits per heavy atom. The van der Waals surface area contributed by atoms with E-state index in [1.165, 1.54) is 11.1 Å². The normalized spacial score (nSPS) is 15.4. The van der Waals surface area contributed by atoms with Gasteiger partial charge in [0.1, 0.15) is 0 Å². The Morgan fingerprint density at radius 1 is 1.11 bits per heavy atom. The number of piperidine rings is 1. The van der Waals surface area contributed by atoms with Crippen LogP contribution in [0.1, 0.15) is 30.4 Å². The van der Waals surface area contributed by atoms with Gasteiger partial charge in [0.15, 0.2) is 0 Å². The highest BCUT2D eigenvalue weighted by Crippen LogP contribution is 2.14. The van der Waals surface area contributed by atoms with E-state index in [0.29, 0.717) is 18.9 Å². The Kier molecular flexibility index (Phi) is 6.16. The van der Waals surface area contributed by atoms with Crippen molar-refractivity contribution in [3.05, 3.63) is 35.4 Å². The smallest absolute Gasteiger partial charge is 0.222 e. The van der Waals surface area contributed by atoms with E-state index in [-0.39, 0.29) is 12.4 Å². The van der Waals surface area contributed by atoms with Crippen LogP contribution in [0.5, 0.6) is 0 Å². The second-order valence-corrected chi connectivity index (χ2v) is 4.63. The molecule has 2 N–H and O–H groups in total. The quantitative estimate of drug-likeness (QED) is 0.909. The average Bonchev–Trinajstić information content (AvgIpc) is 2.35. The van der Waals surface area contributed by atoms with Crippen LogP contribution in [0.3, 0.4) is 0 Å². The summed E-state index contributed by atoms with van der Waals surface area (Å²) in [6.45, 7) is 2.34. The molecule has 3 nitrogen and oxygen atoms in total. The summed E-state index contributed by atoms with van der Waals surface area (Å²) < 4.78 is 0. The van der Waals surface area contributed by atoms with Gasteiger partial charge >= 0.3 is 0 Å². The summed E-state index contributed by atoms with van der Waals surface area (Å²) in [5.74, 6) is 0.294. The Balaban J connectivity index is 0.00000162. The molecular formula is C14H21ClN2O. The number of carbonyl (C=O) groups is 1. The van der Waals surface area contributed by atoms with Crippen LogP contribution in [0.4, 0.5) is 0 Å². The minimum atomic E-state index is 0. The lowest BCUT2D eigenvalue weighted by Crippen LogP contribution is -2.34. The lowest BCUT2D eigenvalue weighted by atomic mass is 10.1. The Hall–Kier alpha value is -1.06. The first-order chi connectivity index (χ1) is 8.29. The zero-order valence-corrected chi connectivity index (χ0v) is 11.4. The van der Waals surface area contributed by atoms with Gasteiger partial charge in [-0.1, -0.05) is 24.3 Å². The van der Waals surface area contributed by atoms with Crippen LogP contribution in [0.25, 0.3) is 0 Å². The van der Waals surface area contributed by atoms with Crippen molar-refractivity contribution >= 4 is 18.3 Å².